The summed E-state index contributed by atoms with van der Waals surface area (Å²) in [6, 6.07) is 7.85. The van der Waals surface area contributed by atoms with Crippen molar-refractivity contribution in [1.82, 2.24) is 14.8 Å². The monoisotopic (exact) mass is 524 g/mol. The van der Waals surface area contributed by atoms with Crippen LogP contribution >= 0.6 is 34.8 Å². The zero-order valence-electron chi connectivity index (χ0n) is 15.9. The van der Waals surface area contributed by atoms with Crippen LogP contribution in [-0.2, 0) is 12.4 Å². The normalized spacial score (nSPS) is 12.5. The molecule has 2 N–H and O–H groups in total. The predicted octanol–water partition coefficient (Wildman–Crippen LogP) is 7.67. The highest BCUT2D eigenvalue weighted by molar-refractivity contribution is 6.38. The summed E-state index contributed by atoms with van der Waals surface area (Å²) in [5.74, 6) is -0.545. The summed E-state index contributed by atoms with van der Waals surface area (Å²) in [7, 11) is 0. The first-order valence-corrected chi connectivity index (χ1v) is 9.99. The average molecular weight is 526 g/mol. The van der Waals surface area contributed by atoms with Crippen molar-refractivity contribution in [2.24, 2.45) is 0 Å². The van der Waals surface area contributed by atoms with E-state index in [1.165, 1.54) is 24.3 Å². The topological polar surface area (TPSA) is 56.7 Å². The number of anilines is 1. The fraction of sp³-hybridized carbons (Fsp3) is 0.100. The number of nitrogen functional groups attached to an aromatic ring is 1. The molecule has 0 bridgehead atoms. The van der Waals surface area contributed by atoms with Crippen LogP contribution in [0, 0.1) is 0 Å². The van der Waals surface area contributed by atoms with Crippen molar-refractivity contribution in [1.29, 1.82) is 0 Å². The first kappa shape index (κ1) is 23.5. The molecule has 0 radical (unpaired) electrons. The van der Waals surface area contributed by atoms with Gasteiger partial charge in [0, 0.05) is 10.6 Å². The number of fused-ring (bicyclic) bond motifs is 1. The molecule has 0 atom stereocenters. The fourth-order valence-corrected chi connectivity index (χ4v) is 3.98. The Morgan fingerprint density at radius 1 is 0.818 bits per heavy atom. The van der Waals surface area contributed by atoms with Gasteiger partial charge in [-0.2, -0.15) is 26.3 Å². The third-order valence-electron chi connectivity index (χ3n) is 4.68. The first-order chi connectivity index (χ1) is 15.3. The van der Waals surface area contributed by atoms with Crippen LogP contribution in [0.4, 0.5) is 32.2 Å². The Kier molecular flexibility index (Phi) is 5.66. The van der Waals surface area contributed by atoms with Gasteiger partial charge in [-0.1, -0.05) is 46.9 Å². The van der Waals surface area contributed by atoms with Gasteiger partial charge in [0.2, 0.25) is 0 Å². The van der Waals surface area contributed by atoms with Crippen molar-refractivity contribution in [3.63, 3.8) is 0 Å². The van der Waals surface area contributed by atoms with Gasteiger partial charge in [0.15, 0.2) is 5.65 Å². The minimum absolute atomic E-state index is 0.0687. The predicted molar refractivity (Wildman–Crippen MR) is 114 cm³/mol. The van der Waals surface area contributed by atoms with Crippen LogP contribution in [-0.4, -0.2) is 14.8 Å². The van der Waals surface area contributed by atoms with Gasteiger partial charge in [-0.25, -0.2) is 9.67 Å². The Hall–Kier alpha value is -2.69. The summed E-state index contributed by atoms with van der Waals surface area (Å²) in [5, 5.41) is 2.77. The van der Waals surface area contributed by atoms with Crippen molar-refractivity contribution >= 4 is 51.7 Å². The second-order valence-electron chi connectivity index (χ2n) is 6.84. The molecule has 4 rings (SSSR count). The Morgan fingerprint density at radius 2 is 1.39 bits per heavy atom. The molecular weight excluding hydrogens is 517 g/mol. The summed E-state index contributed by atoms with van der Waals surface area (Å²) in [4.78, 5) is 4.15. The molecule has 0 spiro atoms. The zero-order valence-corrected chi connectivity index (χ0v) is 18.1. The minimum Gasteiger partial charge on any atom is -0.383 e. The molecule has 2 aromatic heterocycles. The maximum atomic E-state index is 13.9. The number of pyridine rings is 1. The molecule has 13 heteroatoms. The van der Waals surface area contributed by atoms with E-state index in [0.29, 0.717) is 22.7 Å². The Labute approximate surface area is 196 Å². The second-order valence-corrected chi connectivity index (χ2v) is 8.09. The van der Waals surface area contributed by atoms with Crippen molar-refractivity contribution in [3.05, 3.63) is 68.7 Å². The van der Waals surface area contributed by atoms with Crippen molar-refractivity contribution in [3.8, 4) is 16.9 Å². The van der Waals surface area contributed by atoms with E-state index >= 15 is 0 Å². The molecule has 172 valence electrons. The smallest absolute Gasteiger partial charge is 0.383 e. The van der Waals surface area contributed by atoms with Crippen LogP contribution in [0.25, 0.3) is 28.0 Å². The Balaban J connectivity index is 2.00. The highest BCUT2D eigenvalue weighted by Crippen LogP contribution is 2.42. The highest BCUT2D eigenvalue weighted by Gasteiger charge is 2.37. The average Bonchev–Trinajstić information content (AvgIpc) is 3.02. The molecule has 4 nitrogen and oxygen atoms in total. The first-order valence-electron chi connectivity index (χ1n) is 8.86. The van der Waals surface area contributed by atoms with E-state index in [1.54, 1.807) is 0 Å². The van der Waals surface area contributed by atoms with Gasteiger partial charge >= 0.3 is 12.4 Å². The SMILES string of the molecule is Nc1c2c(C(F)(F)F)cc(-c3ccc(Cl)cc3)nc2nn1-c1c(Cl)cc(C(F)(F)F)cc1Cl. The van der Waals surface area contributed by atoms with Crippen molar-refractivity contribution < 1.29 is 26.3 Å². The number of benzene rings is 2. The van der Waals surface area contributed by atoms with E-state index in [9.17, 15) is 26.3 Å². The molecule has 2 aromatic carbocycles. The molecule has 0 fully saturated rings. The molecule has 0 unspecified atom stereocenters. The number of aromatic nitrogens is 3. The number of rotatable bonds is 2. The standard InChI is InChI=1S/C20H9Cl3F6N4/c21-10-3-1-8(2-4-10)14-7-11(20(27,28)29)15-17(30)33(32-18(15)31-14)16-12(22)5-9(6-13(16)23)19(24,25)26/h1-7H,30H2. The summed E-state index contributed by atoms with van der Waals surface area (Å²) in [6.45, 7) is 0. The molecule has 0 aliphatic rings. The van der Waals surface area contributed by atoms with Gasteiger partial charge in [-0.05, 0) is 30.3 Å². The van der Waals surface area contributed by atoms with E-state index in [1.807, 2.05) is 0 Å². The number of alkyl halides is 6. The lowest BCUT2D eigenvalue weighted by molar-refractivity contribution is -0.138. The Morgan fingerprint density at radius 3 is 1.91 bits per heavy atom. The van der Waals surface area contributed by atoms with Crippen molar-refractivity contribution in [2.45, 2.75) is 12.4 Å². The molecule has 0 aliphatic carbocycles. The maximum absolute atomic E-state index is 13.9. The number of hydrogen-bond donors (Lipinski definition) is 1. The molecular formula is C20H9Cl3F6N4. The Bertz CT molecular complexity index is 1360. The summed E-state index contributed by atoms with van der Waals surface area (Å²) < 4.78 is 81.5. The van der Waals surface area contributed by atoms with Gasteiger partial charge in [0.05, 0.1) is 32.3 Å². The van der Waals surface area contributed by atoms with Gasteiger partial charge in [0.1, 0.15) is 11.5 Å². The quantitative estimate of drug-likeness (QED) is 0.273. The minimum atomic E-state index is -4.85. The third-order valence-corrected chi connectivity index (χ3v) is 5.51. The van der Waals surface area contributed by atoms with E-state index in [-0.39, 0.29) is 11.4 Å². The largest absolute Gasteiger partial charge is 0.417 e. The van der Waals surface area contributed by atoms with Crippen LogP contribution < -0.4 is 5.73 Å². The van der Waals surface area contributed by atoms with Crippen molar-refractivity contribution in [2.75, 3.05) is 5.73 Å². The molecule has 0 aliphatic heterocycles. The highest BCUT2D eigenvalue weighted by atomic mass is 35.5. The summed E-state index contributed by atoms with van der Waals surface area (Å²) >= 11 is 17.8. The summed E-state index contributed by atoms with van der Waals surface area (Å²) in [6.07, 6.45) is -9.59. The van der Waals surface area contributed by atoms with Gasteiger partial charge < -0.3 is 5.73 Å². The molecule has 0 saturated carbocycles. The molecule has 33 heavy (non-hydrogen) atoms. The number of nitrogens with zero attached hydrogens (tertiary/aromatic N) is 3. The van der Waals surface area contributed by atoms with Crippen LogP contribution in [0.2, 0.25) is 15.1 Å². The van der Waals surface area contributed by atoms with Crippen LogP contribution in [0.1, 0.15) is 11.1 Å². The third kappa shape index (κ3) is 4.30. The number of hydrogen-bond acceptors (Lipinski definition) is 3. The lowest BCUT2D eigenvalue weighted by Crippen LogP contribution is -2.09. The fourth-order valence-electron chi connectivity index (χ4n) is 3.21. The number of nitrogens with two attached hydrogens (primary N) is 1. The molecule has 0 amide bonds. The summed E-state index contributed by atoms with van der Waals surface area (Å²) in [5.41, 5.74) is 3.20. The van der Waals surface area contributed by atoms with Crippen LogP contribution in [0.3, 0.4) is 0 Å². The molecule has 4 aromatic rings. The lowest BCUT2D eigenvalue weighted by Gasteiger charge is -2.13. The second kappa shape index (κ2) is 7.96. The maximum Gasteiger partial charge on any atom is 0.417 e. The molecule has 0 saturated heterocycles. The van der Waals surface area contributed by atoms with E-state index in [2.05, 4.69) is 10.1 Å². The van der Waals surface area contributed by atoms with Gasteiger partial charge in [0.25, 0.3) is 0 Å². The zero-order chi connectivity index (χ0) is 24.3. The van der Waals surface area contributed by atoms with Gasteiger partial charge in [-0.3, -0.25) is 0 Å². The van der Waals surface area contributed by atoms with E-state index < -0.39 is 50.4 Å². The molecule has 2 heterocycles. The van der Waals surface area contributed by atoms with E-state index in [0.717, 1.165) is 10.7 Å². The van der Waals surface area contributed by atoms with Crippen LogP contribution in [0.5, 0.6) is 0 Å². The van der Waals surface area contributed by atoms with Crippen LogP contribution in [0.15, 0.2) is 42.5 Å². The van der Waals surface area contributed by atoms with Gasteiger partial charge in [-0.15, -0.1) is 5.10 Å². The number of halogens is 9. The van der Waals surface area contributed by atoms with E-state index in [4.69, 9.17) is 40.5 Å². The lowest BCUT2D eigenvalue weighted by atomic mass is 10.1.